The number of carbonyl (C=O) groups excluding carboxylic acids is 2. The molecule has 2 heterocycles. The van der Waals surface area contributed by atoms with E-state index >= 15 is 0 Å². The molecule has 0 unspecified atom stereocenters. The molecule has 6 heteroatoms. The van der Waals surface area contributed by atoms with Gasteiger partial charge in [-0.2, -0.15) is 5.10 Å². The number of ketones is 1. The highest BCUT2D eigenvalue weighted by Gasteiger charge is 2.11. The fraction of sp³-hybridized carbons (Fsp3) is 0.111. The van der Waals surface area contributed by atoms with Crippen LogP contribution in [0.3, 0.4) is 0 Å². The minimum atomic E-state index is -0.530. The molecule has 0 atom stereocenters. The number of ether oxygens (including phenoxy) is 1. The first-order chi connectivity index (χ1) is 11.6. The molecule has 0 saturated heterocycles. The van der Waals surface area contributed by atoms with Crippen LogP contribution in [0.1, 0.15) is 33.3 Å². The van der Waals surface area contributed by atoms with Crippen molar-refractivity contribution in [3.8, 4) is 5.69 Å². The van der Waals surface area contributed by atoms with Gasteiger partial charge in [-0.1, -0.05) is 18.2 Å². The summed E-state index contributed by atoms with van der Waals surface area (Å²) < 4.78 is 6.91. The predicted molar refractivity (Wildman–Crippen MR) is 86.9 cm³/mol. The fourth-order valence-corrected chi connectivity index (χ4v) is 2.20. The summed E-state index contributed by atoms with van der Waals surface area (Å²) in [6, 6.07) is 12.2. The number of carbonyl (C=O) groups is 2. The van der Waals surface area contributed by atoms with Crippen molar-refractivity contribution in [1.29, 1.82) is 0 Å². The van der Waals surface area contributed by atoms with Gasteiger partial charge in [-0.15, -0.1) is 0 Å². The van der Waals surface area contributed by atoms with E-state index in [0.717, 1.165) is 11.3 Å². The molecule has 3 rings (SSSR count). The first-order valence-corrected chi connectivity index (χ1v) is 7.36. The molecule has 0 aliphatic rings. The normalized spacial score (nSPS) is 10.4. The molecule has 0 amide bonds. The lowest BCUT2D eigenvalue weighted by molar-refractivity contribution is 0.0465. The number of hydrogen-bond donors (Lipinski definition) is 0. The molecule has 0 aliphatic carbocycles. The Balaban J connectivity index is 1.70. The van der Waals surface area contributed by atoms with E-state index in [1.807, 2.05) is 0 Å². The predicted octanol–water partition coefficient (Wildman–Crippen LogP) is 2.83. The summed E-state index contributed by atoms with van der Waals surface area (Å²) in [6.45, 7) is 1.57. The molecule has 0 saturated carbocycles. The summed E-state index contributed by atoms with van der Waals surface area (Å²) in [6.07, 6.45) is 4.96. The number of pyridine rings is 1. The second kappa shape index (κ2) is 6.87. The van der Waals surface area contributed by atoms with Crippen LogP contribution in [-0.4, -0.2) is 26.5 Å². The number of rotatable bonds is 5. The van der Waals surface area contributed by atoms with Gasteiger partial charge >= 0.3 is 5.97 Å². The lowest BCUT2D eigenvalue weighted by Crippen LogP contribution is -2.09. The molecule has 120 valence electrons. The Morgan fingerprint density at radius 1 is 1.12 bits per heavy atom. The maximum absolute atomic E-state index is 12.2. The summed E-state index contributed by atoms with van der Waals surface area (Å²) in [7, 11) is 0. The smallest absolute Gasteiger partial charge is 0.357 e. The quantitative estimate of drug-likeness (QED) is 0.533. The number of esters is 1. The van der Waals surface area contributed by atoms with Crippen LogP contribution >= 0.6 is 0 Å². The van der Waals surface area contributed by atoms with Crippen LogP contribution in [0, 0.1) is 0 Å². The highest BCUT2D eigenvalue weighted by Crippen LogP contribution is 2.11. The number of nitrogens with zero attached hydrogens (tertiary/aromatic N) is 3. The minimum absolute atomic E-state index is 0.0308. The van der Waals surface area contributed by atoms with Gasteiger partial charge in [0.2, 0.25) is 0 Å². The molecule has 0 radical (unpaired) electrons. The SMILES string of the molecule is CC(=O)c1cccc(COC(=O)c2cc(-n3cccn3)ccn2)c1. The van der Waals surface area contributed by atoms with Crippen LogP contribution in [0.5, 0.6) is 0 Å². The van der Waals surface area contributed by atoms with E-state index in [2.05, 4.69) is 10.1 Å². The molecule has 3 aromatic rings. The lowest BCUT2D eigenvalue weighted by atomic mass is 10.1. The van der Waals surface area contributed by atoms with E-state index in [0.29, 0.717) is 5.56 Å². The molecule has 0 aliphatic heterocycles. The molecule has 0 fully saturated rings. The maximum atomic E-state index is 12.2. The molecule has 6 nitrogen and oxygen atoms in total. The standard InChI is InChI=1S/C18H15N3O3/c1-13(22)15-5-2-4-14(10-15)12-24-18(23)17-11-16(6-8-19-17)21-9-3-7-20-21/h2-11H,12H2,1H3. The zero-order valence-corrected chi connectivity index (χ0v) is 13.0. The van der Waals surface area contributed by atoms with Gasteiger partial charge in [0.1, 0.15) is 6.61 Å². The summed E-state index contributed by atoms with van der Waals surface area (Å²) in [4.78, 5) is 27.6. The molecule has 0 bridgehead atoms. The van der Waals surface area contributed by atoms with Gasteiger partial charge < -0.3 is 4.74 Å². The molecule has 1 aromatic carbocycles. The molecule has 24 heavy (non-hydrogen) atoms. The Kier molecular flexibility index (Phi) is 4.47. The van der Waals surface area contributed by atoms with Crippen LogP contribution < -0.4 is 0 Å². The second-order valence-electron chi connectivity index (χ2n) is 5.18. The van der Waals surface area contributed by atoms with E-state index in [1.165, 1.54) is 13.1 Å². The van der Waals surface area contributed by atoms with E-state index < -0.39 is 5.97 Å². The van der Waals surface area contributed by atoms with E-state index in [1.54, 1.807) is 59.5 Å². The third-order valence-corrected chi connectivity index (χ3v) is 3.43. The van der Waals surface area contributed by atoms with E-state index in [9.17, 15) is 9.59 Å². The Labute approximate surface area is 138 Å². The average Bonchev–Trinajstić information content (AvgIpc) is 3.15. The summed E-state index contributed by atoms with van der Waals surface area (Å²) >= 11 is 0. The van der Waals surface area contributed by atoms with Crippen LogP contribution in [0.15, 0.2) is 61.1 Å². The van der Waals surface area contributed by atoms with Crippen molar-refractivity contribution in [1.82, 2.24) is 14.8 Å². The number of Topliss-reactive ketones (excluding diaryl/α,β-unsaturated/α-hetero) is 1. The number of aromatic nitrogens is 3. The Morgan fingerprint density at radius 3 is 2.75 bits per heavy atom. The number of benzene rings is 1. The Hall–Kier alpha value is -3.28. The van der Waals surface area contributed by atoms with Crippen LogP contribution in [-0.2, 0) is 11.3 Å². The topological polar surface area (TPSA) is 74.1 Å². The van der Waals surface area contributed by atoms with E-state index in [4.69, 9.17) is 4.74 Å². The monoisotopic (exact) mass is 321 g/mol. The van der Waals surface area contributed by atoms with Gasteiger partial charge in [0.15, 0.2) is 11.5 Å². The molecule has 0 N–H and O–H groups in total. The van der Waals surface area contributed by atoms with Gasteiger partial charge in [-0.3, -0.25) is 4.79 Å². The van der Waals surface area contributed by atoms with Gasteiger partial charge in [0.25, 0.3) is 0 Å². The second-order valence-corrected chi connectivity index (χ2v) is 5.18. The van der Waals surface area contributed by atoms with Crippen molar-refractivity contribution < 1.29 is 14.3 Å². The van der Waals surface area contributed by atoms with Crippen LogP contribution in [0.4, 0.5) is 0 Å². The van der Waals surface area contributed by atoms with Crippen molar-refractivity contribution in [3.05, 3.63) is 77.9 Å². The van der Waals surface area contributed by atoms with Crippen molar-refractivity contribution in [2.75, 3.05) is 0 Å². The van der Waals surface area contributed by atoms with Crippen LogP contribution in [0.25, 0.3) is 5.69 Å². The lowest BCUT2D eigenvalue weighted by Gasteiger charge is -2.07. The zero-order valence-electron chi connectivity index (χ0n) is 13.0. The zero-order chi connectivity index (χ0) is 16.9. The molecule has 2 aromatic heterocycles. The third kappa shape index (κ3) is 3.55. The van der Waals surface area contributed by atoms with Crippen LogP contribution in [0.2, 0.25) is 0 Å². The van der Waals surface area contributed by atoms with Gasteiger partial charge in [-0.25, -0.2) is 14.5 Å². The number of hydrogen-bond acceptors (Lipinski definition) is 5. The van der Waals surface area contributed by atoms with Gasteiger partial charge in [-0.05, 0) is 36.8 Å². The first kappa shape index (κ1) is 15.6. The summed E-state index contributed by atoms with van der Waals surface area (Å²) in [5.41, 5.74) is 2.26. The average molecular weight is 321 g/mol. The molecular formula is C18H15N3O3. The summed E-state index contributed by atoms with van der Waals surface area (Å²) in [5.74, 6) is -0.561. The highest BCUT2D eigenvalue weighted by atomic mass is 16.5. The maximum Gasteiger partial charge on any atom is 0.357 e. The first-order valence-electron chi connectivity index (χ1n) is 7.36. The molecule has 0 spiro atoms. The highest BCUT2D eigenvalue weighted by molar-refractivity contribution is 5.94. The Morgan fingerprint density at radius 2 is 2.00 bits per heavy atom. The molecular weight excluding hydrogens is 306 g/mol. The van der Waals surface area contributed by atoms with Gasteiger partial charge in [0, 0.05) is 24.2 Å². The van der Waals surface area contributed by atoms with Crippen molar-refractivity contribution in [2.24, 2.45) is 0 Å². The van der Waals surface area contributed by atoms with Crippen molar-refractivity contribution >= 4 is 11.8 Å². The van der Waals surface area contributed by atoms with E-state index in [-0.39, 0.29) is 18.1 Å². The fourth-order valence-electron chi connectivity index (χ4n) is 2.20. The van der Waals surface area contributed by atoms with Crippen molar-refractivity contribution in [2.45, 2.75) is 13.5 Å². The third-order valence-electron chi connectivity index (χ3n) is 3.43. The minimum Gasteiger partial charge on any atom is -0.456 e. The Bertz CT molecular complexity index is 873. The largest absolute Gasteiger partial charge is 0.456 e. The van der Waals surface area contributed by atoms with Gasteiger partial charge in [0.05, 0.1) is 5.69 Å². The van der Waals surface area contributed by atoms with Crippen molar-refractivity contribution in [3.63, 3.8) is 0 Å². The summed E-state index contributed by atoms with van der Waals surface area (Å²) in [5, 5.41) is 4.11.